The van der Waals surface area contributed by atoms with Gasteiger partial charge in [0.15, 0.2) is 0 Å². The molecule has 2 heterocycles. The molecule has 27 heavy (non-hydrogen) atoms. The lowest BCUT2D eigenvalue weighted by atomic mass is 10.3. The van der Waals surface area contributed by atoms with E-state index >= 15 is 0 Å². The Morgan fingerprint density at radius 2 is 1.93 bits per heavy atom. The lowest BCUT2D eigenvalue weighted by molar-refractivity contribution is 0.497. The summed E-state index contributed by atoms with van der Waals surface area (Å²) in [6.07, 6.45) is 1.57. The molecule has 1 N–H and O–H groups in total. The summed E-state index contributed by atoms with van der Waals surface area (Å²) in [7, 11) is 0. The quantitative estimate of drug-likeness (QED) is 0.657. The number of anilines is 2. The van der Waals surface area contributed by atoms with Gasteiger partial charge in [-0.05, 0) is 43.7 Å². The zero-order valence-electron chi connectivity index (χ0n) is 14.7. The van der Waals surface area contributed by atoms with Crippen LogP contribution >= 0.6 is 23.2 Å². The van der Waals surface area contributed by atoms with Crippen molar-refractivity contribution in [2.75, 3.05) is 5.32 Å². The Labute approximate surface area is 165 Å². The van der Waals surface area contributed by atoms with Crippen LogP contribution in [0.1, 0.15) is 25.5 Å². The minimum Gasteiger partial charge on any atom is -0.325 e. The predicted molar refractivity (Wildman–Crippen MR) is 106 cm³/mol. The Bertz CT molecular complexity index is 1070. The summed E-state index contributed by atoms with van der Waals surface area (Å²) in [5, 5.41) is 3.88. The first-order chi connectivity index (χ1) is 12.8. The van der Waals surface area contributed by atoms with Gasteiger partial charge < -0.3 is 5.32 Å². The van der Waals surface area contributed by atoms with E-state index in [1.165, 1.54) is 4.57 Å². The third kappa shape index (κ3) is 4.37. The summed E-state index contributed by atoms with van der Waals surface area (Å²) in [6, 6.07) is 9.99. The topological polar surface area (TPSA) is 81.8 Å². The van der Waals surface area contributed by atoms with Crippen LogP contribution < -0.4 is 16.7 Å². The van der Waals surface area contributed by atoms with Gasteiger partial charge in [-0.1, -0.05) is 35.3 Å². The highest BCUT2D eigenvalue weighted by Crippen LogP contribution is 2.18. The SMILES string of the molecule is CC(C)n1c(=O)nc(Nc2cccc(Cl)c2)n(Cc2ccc(Cl)nc2)c1=O. The Kier molecular flexibility index (Phi) is 5.62. The fourth-order valence-electron chi connectivity index (χ4n) is 2.56. The molecular weight excluding hydrogens is 389 g/mol. The predicted octanol–water partition coefficient (Wildman–Crippen LogP) is 3.48. The molecular formula is C18H17Cl2N5O2. The molecule has 0 amide bonds. The number of nitrogens with one attached hydrogen (secondary N) is 1. The van der Waals surface area contributed by atoms with Crippen LogP contribution in [-0.4, -0.2) is 19.1 Å². The normalized spacial score (nSPS) is 11.0. The molecule has 0 aliphatic rings. The van der Waals surface area contributed by atoms with Crippen LogP contribution in [-0.2, 0) is 6.54 Å². The lowest BCUT2D eigenvalue weighted by Crippen LogP contribution is -2.43. The highest BCUT2D eigenvalue weighted by molar-refractivity contribution is 6.30. The van der Waals surface area contributed by atoms with E-state index in [-0.39, 0.29) is 18.5 Å². The van der Waals surface area contributed by atoms with Gasteiger partial charge in [0.05, 0.1) is 6.54 Å². The second-order valence-corrected chi connectivity index (χ2v) is 7.00. The van der Waals surface area contributed by atoms with E-state index in [0.29, 0.717) is 15.9 Å². The Hall–Kier alpha value is -2.64. The van der Waals surface area contributed by atoms with E-state index in [4.69, 9.17) is 23.2 Å². The van der Waals surface area contributed by atoms with Crippen LogP contribution in [0.2, 0.25) is 10.2 Å². The minimum absolute atomic E-state index is 0.124. The van der Waals surface area contributed by atoms with Crippen molar-refractivity contribution >= 4 is 34.8 Å². The highest BCUT2D eigenvalue weighted by Gasteiger charge is 2.16. The summed E-state index contributed by atoms with van der Waals surface area (Å²) in [4.78, 5) is 33.4. The molecule has 7 nitrogen and oxygen atoms in total. The van der Waals surface area contributed by atoms with Crippen LogP contribution in [0.3, 0.4) is 0 Å². The van der Waals surface area contributed by atoms with Crippen molar-refractivity contribution in [3.05, 3.63) is 79.3 Å². The van der Waals surface area contributed by atoms with E-state index in [1.807, 2.05) is 0 Å². The second kappa shape index (κ2) is 7.94. The molecule has 0 aliphatic heterocycles. The zero-order valence-corrected chi connectivity index (χ0v) is 16.2. The Morgan fingerprint density at radius 1 is 1.15 bits per heavy atom. The zero-order chi connectivity index (χ0) is 19.6. The van der Waals surface area contributed by atoms with E-state index in [9.17, 15) is 9.59 Å². The lowest BCUT2D eigenvalue weighted by Gasteiger charge is -2.17. The Balaban J connectivity index is 2.11. The van der Waals surface area contributed by atoms with Gasteiger partial charge >= 0.3 is 11.4 Å². The third-order valence-corrected chi connectivity index (χ3v) is 4.29. The fourth-order valence-corrected chi connectivity index (χ4v) is 2.87. The van der Waals surface area contributed by atoms with Gasteiger partial charge in [0.1, 0.15) is 5.15 Å². The van der Waals surface area contributed by atoms with E-state index in [2.05, 4.69) is 15.3 Å². The van der Waals surface area contributed by atoms with Gasteiger partial charge in [0, 0.05) is 22.9 Å². The number of halogens is 2. The maximum absolute atomic E-state index is 13.0. The van der Waals surface area contributed by atoms with Gasteiger partial charge in [-0.2, -0.15) is 4.98 Å². The molecule has 140 valence electrons. The molecule has 0 spiro atoms. The number of hydrogen-bond acceptors (Lipinski definition) is 5. The van der Waals surface area contributed by atoms with Crippen LogP contribution in [0, 0.1) is 0 Å². The van der Waals surface area contributed by atoms with Crippen molar-refractivity contribution in [1.29, 1.82) is 0 Å². The maximum atomic E-state index is 13.0. The molecule has 3 rings (SSSR count). The monoisotopic (exact) mass is 405 g/mol. The van der Waals surface area contributed by atoms with Gasteiger partial charge in [-0.3, -0.25) is 4.57 Å². The standard InChI is InChI=1S/C18H17Cl2N5O2/c1-11(2)25-17(26)23-16(22-14-5-3-4-13(19)8-14)24(18(25)27)10-12-6-7-15(20)21-9-12/h3-9,11H,10H2,1-2H3,(H,22,23,26). The smallest absolute Gasteiger partial charge is 0.325 e. The maximum Gasteiger partial charge on any atom is 0.355 e. The molecule has 0 saturated heterocycles. The van der Waals surface area contributed by atoms with Crippen LogP contribution in [0.4, 0.5) is 11.6 Å². The first kappa shape index (κ1) is 19.1. The summed E-state index contributed by atoms with van der Waals surface area (Å²) in [5.74, 6) is 0.124. The van der Waals surface area contributed by atoms with Crippen molar-refractivity contribution in [2.24, 2.45) is 0 Å². The van der Waals surface area contributed by atoms with Crippen LogP contribution in [0.5, 0.6) is 0 Å². The fraction of sp³-hybridized carbons (Fsp3) is 0.222. The molecule has 0 bridgehead atoms. The molecule has 9 heteroatoms. The molecule has 0 atom stereocenters. The van der Waals surface area contributed by atoms with Crippen molar-refractivity contribution < 1.29 is 0 Å². The number of rotatable bonds is 5. The first-order valence-electron chi connectivity index (χ1n) is 8.21. The Morgan fingerprint density at radius 3 is 2.56 bits per heavy atom. The van der Waals surface area contributed by atoms with Crippen molar-refractivity contribution in [1.82, 2.24) is 19.1 Å². The molecule has 1 aromatic carbocycles. The largest absolute Gasteiger partial charge is 0.355 e. The van der Waals surface area contributed by atoms with E-state index in [1.54, 1.807) is 56.4 Å². The van der Waals surface area contributed by atoms with Gasteiger partial charge in [0.25, 0.3) is 0 Å². The second-order valence-electron chi connectivity index (χ2n) is 6.17. The van der Waals surface area contributed by atoms with Gasteiger partial charge in [-0.15, -0.1) is 0 Å². The first-order valence-corrected chi connectivity index (χ1v) is 8.97. The molecule has 0 unspecified atom stereocenters. The number of aromatic nitrogens is 4. The number of benzene rings is 1. The minimum atomic E-state index is -0.620. The summed E-state index contributed by atoms with van der Waals surface area (Å²) < 4.78 is 2.49. The van der Waals surface area contributed by atoms with Crippen LogP contribution in [0.15, 0.2) is 52.2 Å². The number of hydrogen-bond donors (Lipinski definition) is 1. The average Bonchev–Trinajstić information content (AvgIpc) is 2.59. The van der Waals surface area contributed by atoms with Crippen molar-refractivity contribution in [2.45, 2.75) is 26.4 Å². The summed E-state index contributed by atoms with van der Waals surface area (Å²) >= 11 is 11.8. The summed E-state index contributed by atoms with van der Waals surface area (Å²) in [6.45, 7) is 3.68. The van der Waals surface area contributed by atoms with Gasteiger partial charge in [-0.25, -0.2) is 19.1 Å². The average molecular weight is 406 g/mol. The summed E-state index contributed by atoms with van der Waals surface area (Å²) in [5.41, 5.74) is 0.264. The molecule has 0 saturated carbocycles. The highest BCUT2D eigenvalue weighted by atomic mass is 35.5. The van der Waals surface area contributed by atoms with E-state index in [0.717, 1.165) is 10.1 Å². The number of pyridine rings is 1. The third-order valence-electron chi connectivity index (χ3n) is 3.83. The van der Waals surface area contributed by atoms with Crippen molar-refractivity contribution in [3.8, 4) is 0 Å². The molecule has 0 radical (unpaired) electrons. The van der Waals surface area contributed by atoms with E-state index < -0.39 is 11.4 Å². The molecule has 3 aromatic rings. The van der Waals surface area contributed by atoms with Crippen LogP contribution in [0.25, 0.3) is 0 Å². The molecule has 0 fully saturated rings. The molecule has 2 aromatic heterocycles. The molecule has 0 aliphatic carbocycles. The van der Waals surface area contributed by atoms with Crippen molar-refractivity contribution in [3.63, 3.8) is 0 Å². The number of nitrogens with zero attached hydrogens (tertiary/aromatic N) is 4. The van der Waals surface area contributed by atoms with Gasteiger partial charge in [0.2, 0.25) is 5.95 Å².